The van der Waals surface area contributed by atoms with Crippen LogP contribution in [0.15, 0.2) is 24.5 Å². The molecule has 2 amide bonds. The predicted octanol–water partition coefficient (Wildman–Crippen LogP) is 2.11. The van der Waals surface area contributed by atoms with Gasteiger partial charge in [0, 0.05) is 25.5 Å². The Balaban J connectivity index is 2.67. The summed E-state index contributed by atoms with van der Waals surface area (Å²) in [5.74, 6) is -0.807. The van der Waals surface area contributed by atoms with Gasteiger partial charge in [-0.15, -0.1) is 0 Å². The number of rotatable bonds is 7. The van der Waals surface area contributed by atoms with E-state index in [4.69, 9.17) is 0 Å². The van der Waals surface area contributed by atoms with Gasteiger partial charge >= 0.3 is 12.0 Å². The molecule has 21 heavy (non-hydrogen) atoms. The molecular weight excluding hydrogens is 270 g/mol. The number of carboxylic acid groups (broad SMARTS) is 1. The van der Waals surface area contributed by atoms with E-state index in [1.165, 1.54) is 0 Å². The van der Waals surface area contributed by atoms with E-state index in [1.807, 2.05) is 32.9 Å². The lowest BCUT2D eigenvalue weighted by Gasteiger charge is -2.24. The number of carbonyl (C=O) groups excluding carboxylic acids is 1. The third-order valence-corrected chi connectivity index (χ3v) is 3.09. The zero-order valence-corrected chi connectivity index (χ0v) is 12.7. The number of hydrogen-bond acceptors (Lipinski definition) is 3. The number of aromatic nitrogens is 1. The lowest BCUT2D eigenvalue weighted by Crippen LogP contribution is -2.48. The van der Waals surface area contributed by atoms with E-state index in [-0.39, 0.29) is 11.9 Å². The van der Waals surface area contributed by atoms with Gasteiger partial charge in [-0.3, -0.25) is 4.98 Å². The van der Waals surface area contributed by atoms with Gasteiger partial charge < -0.3 is 15.3 Å². The van der Waals surface area contributed by atoms with Gasteiger partial charge in [-0.05, 0) is 37.0 Å². The highest BCUT2D eigenvalue weighted by molar-refractivity contribution is 5.82. The lowest BCUT2D eigenvalue weighted by atomic mass is 10.0. The highest BCUT2D eigenvalue weighted by atomic mass is 16.4. The summed E-state index contributed by atoms with van der Waals surface area (Å²) < 4.78 is 0. The first kappa shape index (κ1) is 16.9. The van der Waals surface area contributed by atoms with Crippen molar-refractivity contribution in [1.82, 2.24) is 15.2 Å². The zero-order valence-electron chi connectivity index (χ0n) is 12.7. The minimum Gasteiger partial charge on any atom is -0.480 e. The van der Waals surface area contributed by atoms with E-state index in [1.54, 1.807) is 17.3 Å². The number of nitrogens with one attached hydrogen (secondary N) is 1. The number of carbonyl (C=O) groups is 2. The number of aliphatic carboxylic acids is 1. The van der Waals surface area contributed by atoms with Crippen molar-refractivity contribution >= 4 is 12.0 Å². The van der Waals surface area contributed by atoms with Crippen LogP contribution < -0.4 is 5.32 Å². The molecule has 0 radical (unpaired) electrons. The van der Waals surface area contributed by atoms with Crippen molar-refractivity contribution in [3.05, 3.63) is 30.1 Å². The molecule has 0 aliphatic rings. The van der Waals surface area contributed by atoms with Crippen molar-refractivity contribution in [2.45, 2.75) is 39.8 Å². The number of hydrogen-bond donors (Lipinski definition) is 2. The minimum atomic E-state index is -1.00. The van der Waals surface area contributed by atoms with Gasteiger partial charge in [-0.2, -0.15) is 0 Å². The topological polar surface area (TPSA) is 82.5 Å². The SMILES string of the molecule is CCN(Cc1ccncc1)C(=O)NC(CC(C)C)C(=O)O. The normalized spacial score (nSPS) is 12.0. The Morgan fingerprint density at radius 2 is 1.95 bits per heavy atom. The van der Waals surface area contributed by atoms with Gasteiger partial charge in [0.2, 0.25) is 0 Å². The summed E-state index contributed by atoms with van der Waals surface area (Å²) in [6.07, 6.45) is 3.74. The smallest absolute Gasteiger partial charge is 0.326 e. The van der Waals surface area contributed by atoms with Crippen LogP contribution in [0.3, 0.4) is 0 Å². The van der Waals surface area contributed by atoms with E-state index in [0.717, 1.165) is 5.56 Å². The molecule has 0 fully saturated rings. The van der Waals surface area contributed by atoms with Crippen LogP contribution in [0.25, 0.3) is 0 Å². The molecule has 0 saturated carbocycles. The largest absolute Gasteiger partial charge is 0.480 e. The summed E-state index contributed by atoms with van der Waals surface area (Å²) in [6.45, 7) is 6.65. The molecule has 1 aromatic rings. The summed E-state index contributed by atoms with van der Waals surface area (Å²) >= 11 is 0. The van der Waals surface area contributed by atoms with Crippen molar-refractivity contribution in [3.8, 4) is 0 Å². The fourth-order valence-electron chi connectivity index (χ4n) is 1.97. The highest BCUT2D eigenvalue weighted by Gasteiger charge is 2.23. The van der Waals surface area contributed by atoms with Crippen molar-refractivity contribution in [1.29, 1.82) is 0 Å². The van der Waals surface area contributed by atoms with Crippen LogP contribution in [0.2, 0.25) is 0 Å². The number of pyridine rings is 1. The summed E-state index contributed by atoms with van der Waals surface area (Å²) in [5, 5.41) is 11.8. The summed E-state index contributed by atoms with van der Waals surface area (Å²) in [6, 6.07) is 2.45. The Morgan fingerprint density at radius 1 is 1.33 bits per heavy atom. The number of amides is 2. The molecule has 0 saturated heterocycles. The Kier molecular flexibility index (Phi) is 6.65. The Labute approximate surface area is 125 Å². The van der Waals surface area contributed by atoms with Crippen LogP contribution in [0.4, 0.5) is 4.79 Å². The van der Waals surface area contributed by atoms with E-state index in [9.17, 15) is 14.7 Å². The van der Waals surface area contributed by atoms with Gasteiger partial charge in [-0.25, -0.2) is 9.59 Å². The van der Waals surface area contributed by atoms with Crippen LogP contribution in [0.1, 0.15) is 32.8 Å². The maximum absolute atomic E-state index is 12.2. The number of urea groups is 1. The fourth-order valence-corrected chi connectivity index (χ4v) is 1.97. The molecular formula is C15H23N3O3. The average molecular weight is 293 g/mol. The first-order valence-electron chi connectivity index (χ1n) is 7.11. The molecule has 6 heteroatoms. The molecule has 116 valence electrons. The maximum Gasteiger partial charge on any atom is 0.326 e. The van der Waals surface area contributed by atoms with Gasteiger partial charge in [0.05, 0.1) is 0 Å². The molecule has 0 spiro atoms. The van der Waals surface area contributed by atoms with Crippen molar-refractivity contribution < 1.29 is 14.7 Å². The van der Waals surface area contributed by atoms with Crippen molar-refractivity contribution in [2.75, 3.05) is 6.54 Å². The summed E-state index contributed by atoms with van der Waals surface area (Å²) in [4.78, 5) is 28.9. The third-order valence-electron chi connectivity index (χ3n) is 3.09. The van der Waals surface area contributed by atoms with E-state index in [0.29, 0.717) is 19.5 Å². The Bertz CT molecular complexity index is 462. The predicted molar refractivity (Wildman–Crippen MR) is 79.7 cm³/mol. The molecule has 1 unspecified atom stereocenters. The van der Waals surface area contributed by atoms with Crippen LogP contribution >= 0.6 is 0 Å². The minimum absolute atomic E-state index is 0.196. The Morgan fingerprint density at radius 3 is 2.43 bits per heavy atom. The monoisotopic (exact) mass is 293 g/mol. The van der Waals surface area contributed by atoms with E-state index >= 15 is 0 Å². The van der Waals surface area contributed by atoms with Gasteiger partial charge in [0.25, 0.3) is 0 Å². The molecule has 1 heterocycles. The zero-order chi connectivity index (χ0) is 15.8. The summed E-state index contributed by atoms with van der Waals surface area (Å²) in [5.41, 5.74) is 0.956. The Hall–Kier alpha value is -2.11. The molecule has 1 aromatic heterocycles. The molecule has 2 N–H and O–H groups in total. The summed E-state index contributed by atoms with van der Waals surface area (Å²) in [7, 11) is 0. The molecule has 0 bridgehead atoms. The average Bonchev–Trinajstić information content (AvgIpc) is 2.44. The van der Waals surface area contributed by atoms with Crippen LogP contribution in [-0.2, 0) is 11.3 Å². The van der Waals surface area contributed by atoms with Crippen LogP contribution in [0, 0.1) is 5.92 Å². The van der Waals surface area contributed by atoms with Gasteiger partial charge in [-0.1, -0.05) is 13.8 Å². The lowest BCUT2D eigenvalue weighted by molar-refractivity contribution is -0.139. The molecule has 0 aliphatic heterocycles. The van der Waals surface area contributed by atoms with Gasteiger partial charge in [0.1, 0.15) is 6.04 Å². The number of nitrogens with zero attached hydrogens (tertiary/aromatic N) is 2. The molecule has 1 atom stereocenters. The van der Waals surface area contributed by atoms with Crippen molar-refractivity contribution in [3.63, 3.8) is 0 Å². The van der Waals surface area contributed by atoms with Crippen molar-refractivity contribution in [2.24, 2.45) is 5.92 Å². The first-order valence-corrected chi connectivity index (χ1v) is 7.11. The fraction of sp³-hybridized carbons (Fsp3) is 0.533. The van der Waals surface area contributed by atoms with Crippen LogP contribution in [-0.4, -0.2) is 39.6 Å². The van der Waals surface area contributed by atoms with Crippen LogP contribution in [0.5, 0.6) is 0 Å². The maximum atomic E-state index is 12.2. The third kappa shape index (κ3) is 5.81. The standard InChI is InChI=1S/C15H23N3O3/c1-4-18(10-12-5-7-16-8-6-12)15(21)17-13(14(19)20)9-11(2)3/h5-8,11,13H,4,9-10H2,1-3H3,(H,17,21)(H,19,20). The molecule has 0 aromatic carbocycles. The quantitative estimate of drug-likeness (QED) is 0.806. The second kappa shape index (κ2) is 8.24. The second-order valence-electron chi connectivity index (χ2n) is 5.34. The highest BCUT2D eigenvalue weighted by Crippen LogP contribution is 2.07. The second-order valence-corrected chi connectivity index (χ2v) is 5.34. The van der Waals surface area contributed by atoms with E-state index < -0.39 is 12.0 Å². The number of carboxylic acids is 1. The van der Waals surface area contributed by atoms with Gasteiger partial charge in [0.15, 0.2) is 0 Å². The van der Waals surface area contributed by atoms with E-state index in [2.05, 4.69) is 10.3 Å². The molecule has 0 aliphatic carbocycles. The molecule has 1 rings (SSSR count). The first-order chi connectivity index (χ1) is 9.93. The molecule has 6 nitrogen and oxygen atoms in total.